The molecule has 0 aliphatic heterocycles. The molecule has 0 saturated heterocycles. The fourth-order valence-corrected chi connectivity index (χ4v) is 7.10. The predicted octanol–water partition coefficient (Wildman–Crippen LogP) is 0.173. The van der Waals surface area contributed by atoms with E-state index in [1.165, 1.54) is 12.1 Å². The minimum Gasteiger partial charge on any atom is -0.726 e. The average Bonchev–Trinajstić information content (AvgIpc) is 3.52. The van der Waals surface area contributed by atoms with Gasteiger partial charge >= 0.3 is 65.3 Å². The second-order valence-electron chi connectivity index (χ2n) is 11.6. The third kappa shape index (κ3) is 10.7. The van der Waals surface area contributed by atoms with Crippen LogP contribution in [0.1, 0.15) is 33.7 Å². The van der Waals surface area contributed by atoms with Crippen LogP contribution in [-0.4, -0.2) is 48.8 Å². The molecule has 6 rings (SSSR count). The van der Waals surface area contributed by atoms with Gasteiger partial charge in [-0.1, -0.05) is 91.0 Å². The molecule has 0 fully saturated rings. The van der Waals surface area contributed by atoms with Crippen LogP contribution >= 0.6 is 0 Å². The van der Waals surface area contributed by atoms with E-state index in [1.807, 2.05) is 0 Å². The van der Waals surface area contributed by atoms with Gasteiger partial charge in [0.2, 0.25) is 20.8 Å². The summed E-state index contributed by atoms with van der Waals surface area (Å²) in [6, 6.07) is 27.2. The Labute approximate surface area is 343 Å². The molecule has 0 radical (unpaired) electrons. The van der Waals surface area contributed by atoms with Crippen LogP contribution < -0.4 is 59.1 Å². The molecule has 4 atom stereocenters. The summed E-state index contributed by atoms with van der Waals surface area (Å²) in [5.41, 5.74) is 1.33. The number of benzene rings is 4. The normalized spacial score (nSPS) is 19.4. The molecular formula is C35H28F3NNa2O9S2. The van der Waals surface area contributed by atoms with Crippen molar-refractivity contribution in [2.75, 3.05) is 0 Å². The number of ether oxygens (including phenoxy) is 1. The Morgan fingerprint density at radius 2 is 1.35 bits per heavy atom. The molecular weight excluding hydrogens is 745 g/mol. The molecule has 52 heavy (non-hydrogen) atoms. The fourth-order valence-electron chi connectivity index (χ4n) is 6.15. The molecule has 0 N–H and O–H groups in total. The summed E-state index contributed by atoms with van der Waals surface area (Å²) in [6.45, 7) is 0.0244. The van der Waals surface area contributed by atoms with Gasteiger partial charge in [0.15, 0.2) is 0 Å². The van der Waals surface area contributed by atoms with Gasteiger partial charge in [0.25, 0.3) is 0 Å². The Morgan fingerprint density at radius 1 is 0.712 bits per heavy atom. The maximum Gasteiger partial charge on any atom is 1.00 e. The number of hydrogen-bond donors (Lipinski definition) is 0. The molecule has 4 aromatic carbocycles. The van der Waals surface area contributed by atoms with Gasteiger partial charge in [-0.3, -0.25) is 8.37 Å². The molecule has 1 aromatic heterocycles. The number of alkyl halides is 3. The van der Waals surface area contributed by atoms with E-state index in [1.54, 1.807) is 102 Å². The van der Waals surface area contributed by atoms with E-state index in [9.17, 15) is 39.1 Å². The molecule has 17 heteroatoms. The van der Waals surface area contributed by atoms with E-state index >= 15 is 0 Å². The van der Waals surface area contributed by atoms with Crippen LogP contribution in [0, 0.1) is 0 Å². The summed E-state index contributed by atoms with van der Waals surface area (Å²) >= 11 is 0. The number of nitrogens with zero attached hydrogens (tertiary/aromatic N) is 1. The Hall–Kier alpha value is -2.35. The van der Waals surface area contributed by atoms with E-state index in [0.29, 0.717) is 27.6 Å². The van der Waals surface area contributed by atoms with Crippen molar-refractivity contribution >= 4 is 37.1 Å². The minimum atomic E-state index is -5.55. The quantitative estimate of drug-likeness (QED) is 0.104. The second kappa shape index (κ2) is 17.4. The van der Waals surface area contributed by atoms with Gasteiger partial charge in [-0.15, -0.1) is 0 Å². The summed E-state index contributed by atoms with van der Waals surface area (Å²) in [6.07, 6.45) is -4.91. The summed E-state index contributed by atoms with van der Waals surface area (Å²) in [4.78, 5) is 0. The van der Waals surface area contributed by atoms with Crippen molar-refractivity contribution in [3.05, 3.63) is 149 Å². The molecule has 0 amide bonds. The van der Waals surface area contributed by atoms with Crippen LogP contribution in [0.5, 0.6) is 0 Å². The van der Waals surface area contributed by atoms with Crippen LogP contribution in [0.25, 0.3) is 16.3 Å². The van der Waals surface area contributed by atoms with E-state index in [-0.39, 0.29) is 77.8 Å². The third-order valence-corrected chi connectivity index (χ3v) is 9.18. The SMILES string of the molecule is O=S(=O)([O-])O[C@H]1[C@H](OCc2ccccc2)[C@@H](c2ccn(Cc3ccc(C(F)(F)F)cc3)c2)C=C(c2cccc3ccccc23)[C@H]1OS(=O)(=O)[O-].[Na+].[Na+]. The zero-order valence-electron chi connectivity index (χ0n) is 27.8. The Balaban J connectivity index is 0.00000302. The monoisotopic (exact) mass is 773 g/mol. The topological polar surface area (TPSA) is 147 Å². The zero-order valence-corrected chi connectivity index (χ0v) is 33.5. The summed E-state index contributed by atoms with van der Waals surface area (Å²) in [5.74, 6) is -0.928. The number of fused-ring (bicyclic) bond motifs is 1. The van der Waals surface area contributed by atoms with Crippen molar-refractivity contribution in [3.63, 3.8) is 0 Å². The van der Waals surface area contributed by atoms with E-state index in [2.05, 4.69) is 0 Å². The Kier molecular flexibility index (Phi) is 14.2. The summed E-state index contributed by atoms with van der Waals surface area (Å²) < 4.78 is 130. The maximum absolute atomic E-state index is 13.1. The Morgan fingerprint density at radius 3 is 2.00 bits per heavy atom. The van der Waals surface area contributed by atoms with Crippen LogP contribution in [0.3, 0.4) is 0 Å². The van der Waals surface area contributed by atoms with Crippen molar-refractivity contribution in [3.8, 4) is 0 Å². The fraction of sp³-hybridized carbons (Fsp3) is 0.200. The smallest absolute Gasteiger partial charge is 0.726 e. The molecule has 1 aliphatic carbocycles. The van der Waals surface area contributed by atoms with Crippen LogP contribution in [0.15, 0.2) is 122 Å². The second-order valence-corrected chi connectivity index (χ2v) is 13.7. The van der Waals surface area contributed by atoms with Crippen LogP contribution in [0.2, 0.25) is 0 Å². The Bertz CT molecular complexity index is 2230. The molecule has 0 bridgehead atoms. The first kappa shape index (κ1) is 42.4. The van der Waals surface area contributed by atoms with Gasteiger partial charge in [-0.05, 0) is 56.8 Å². The van der Waals surface area contributed by atoms with Crippen LogP contribution in [0.4, 0.5) is 13.2 Å². The first-order valence-corrected chi connectivity index (χ1v) is 17.8. The first-order chi connectivity index (χ1) is 23.6. The van der Waals surface area contributed by atoms with Crippen molar-refractivity contribution < 1.29 is 111 Å². The van der Waals surface area contributed by atoms with Gasteiger partial charge in [0.1, 0.15) is 12.2 Å². The van der Waals surface area contributed by atoms with E-state index in [4.69, 9.17) is 13.1 Å². The summed E-state index contributed by atoms with van der Waals surface area (Å²) in [5, 5.41) is 1.33. The standard InChI is InChI=1S/C35H30F3NO9S2.2Na/c36-35(37,38)27-15-13-23(14-16-27)20-39-18-17-26(21-39)30-19-31(29-12-6-10-25-9-4-5-11-28(25)29)33(47-49(40,41)42)34(48-50(43,44)45)32(30)46-22-24-7-2-1-3-8-24;;/h1-19,21,30,32-34H,20,22H2,(H,40,41,42)(H,43,44,45);;/q;2*+1/p-2/t30-,32-,33-,34+;;/m1../s1. The molecule has 1 heterocycles. The molecule has 0 unspecified atom stereocenters. The van der Waals surface area contributed by atoms with Gasteiger partial charge in [0, 0.05) is 24.9 Å². The van der Waals surface area contributed by atoms with Crippen molar-refractivity contribution in [1.29, 1.82) is 0 Å². The molecule has 0 saturated carbocycles. The molecule has 262 valence electrons. The van der Waals surface area contributed by atoms with E-state index in [0.717, 1.165) is 17.5 Å². The molecule has 10 nitrogen and oxygen atoms in total. The summed E-state index contributed by atoms with van der Waals surface area (Å²) in [7, 11) is -11.1. The first-order valence-electron chi connectivity index (χ1n) is 15.1. The number of aromatic nitrogens is 1. The number of hydrogen-bond acceptors (Lipinski definition) is 9. The van der Waals surface area contributed by atoms with Crippen molar-refractivity contribution in [2.45, 2.75) is 43.6 Å². The zero-order chi connectivity index (χ0) is 35.7. The molecule has 1 aliphatic rings. The van der Waals surface area contributed by atoms with Gasteiger partial charge in [0.05, 0.1) is 18.3 Å². The van der Waals surface area contributed by atoms with Crippen molar-refractivity contribution in [1.82, 2.24) is 4.57 Å². The van der Waals surface area contributed by atoms with Crippen LogP contribution in [-0.2, 0) is 53.2 Å². The third-order valence-electron chi connectivity index (χ3n) is 8.28. The van der Waals surface area contributed by atoms with Crippen molar-refractivity contribution in [2.24, 2.45) is 0 Å². The van der Waals surface area contributed by atoms with Gasteiger partial charge in [-0.25, -0.2) is 16.8 Å². The minimum absolute atomic E-state index is 0. The molecule has 0 spiro atoms. The maximum atomic E-state index is 13.1. The molecule has 5 aromatic rings. The van der Waals surface area contributed by atoms with Gasteiger partial charge in [-0.2, -0.15) is 13.2 Å². The van der Waals surface area contributed by atoms with E-state index < -0.39 is 56.8 Å². The number of halogens is 3. The average molecular weight is 774 g/mol. The largest absolute Gasteiger partial charge is 1.00 e. The van der Waals surface area contributed by atoms with Gasteiger partial charge < -0.3 is 18.4 Å². The number of rotatable bonds is 11. The predicted molar refractivity (Wildman–Crippen MR) is 174 cm³/mol.